The van der Waals surface area contributed by atoms with E-state index in [0.717, 1.165) is 11.4 Å². The number of aromatic nitrogens is 2. The number of aryl methyl sites for hydroxylation is 1. The highest BCUT2D eigenvalue weighted by molar-refractivity contribution is 5.19. The number of nitrogens with two attached hydrogens (primary N) is 1. The Morgan fingerprint density at radius 2 is 2.25 bits per heavy atom. The summed E-state index contributed by atoms with van der Waals surface area (Å²) < 4.78 is 4.97. The first-order valence-corrected chi connectivity index (χ1v) is 3.78. The van der Waals surface area contributed by atoms with Crippen molar-refractivity contribution >= 4 is 0 Å². The molecule has 66 valence electrons. The van der Waals surface area contributed by atoms with Crippen molar-refractivity contribution in [2.24, 2.45) is 5.73 Å². The molecular weight excluding hydrogens is 154 g/mol. The summed E-state index contributed by atoms with van der Waals surface area (Å²) in [5.74, 6) is 0.555. The van der Waals surface area contributed by atoms with E-state index in [1.165, 1.54) is 0 Å². The molecule has 4 nitrogen and oxygen atoms in total. The van der Waals surface area contributed by atoms with Crippen LogP contribution in [0.4, 0.5) is 0 Å². The van der Waals surface area contributed by atoms with Crippen molar-refractivity contribution in [1.29, 1.82) is 0 Å². The Morgan fingerprint density at radius 1 is 1.58 bits per heavy atom. The minimum Gasteiger partial charge on any atom is -0.480 e. The fourth-order valence-corrected chi connectivity index (χ4v) is 0.908. The maximum Gasteiger partial charge on any atom is 0.235 e. The van der Waals surface area contributed by atoms with E-state index in [-0.39, 0.29) is 6.04 Å². The predicted molar refractivity (Wildman–Crippen MR) is 45.9 cm³/mol. The van der Waals surface area contributed by atoms with Gasteiger partial charge in [-0.3, -0.25) is 0 Å². The van der Waals surface area contributed by atoms with Crippen LogP contribution in [0.25, 0.3) is 0 Å². The van der Waals surface area contributed by atoms with Crippen molar-refractivity contribution in [2.75, 3.05) is 7.11 Å². The van der Waals surface area contributed by atoms with E-state index in [1.54, 1.807) is 13.3 Å². The maximum atomic E-state index is 5.63. The fourth-order valence-electron chi connectivity index (χ4n) is 0.908. The Hall–Kier alpha value is -1.16. The summed E-state index contributed by atoms with van der Waals surface area (Å²) in [6.07, 6.45) is 1.64. The topological polar surface area (TPSA) is 61.0 Å². The summed E-state index contributed by atoms with van der Waals surface area (Å²) in [5.41, 5.74) is 7.19. The second kappa shape index (κ2) is 3.49. The van der Waals surface area contributed by atoms with Gasteiger partial charge in [0.25, 0.3) is 0 Å². The van der Waals surface area contributed by atoms with Crippen molar-refractivity contribution in [3.8, 4) is 5.88 Å². The Kier molecular flexibility index (Phi) is 2.60. The number of hydrogen-bond acceptors (Lipinski definition) is 4. The number of hydrogen-bond donors (Lipinski definition) is 1. The average molecular weight is 167 g/mol. The second-order valence-electron chi connectivity index (χ2n) is 2.68. The van der Waals surface area contributed by atoms with Crippen LogP contribution in [0.2, 0.25) is 0 Å². The van der Waals surface area contributed by atoms with E-state index in [4.69, 9.17) is 10.5 Å². The van der Waals surface area contributed by atoms with Crippen LogP contribution in [-0.4, -0.2) is 17.1 Å². The molecule has 0 fully saturated rings. The Balaban J connectivity index is 3.02. The van der Waals surface area contributed by atoms with Crippen LogP contribution >= 0.6 is 0 Å². The zero-order chi connectivity index (χ0) is 9.14. The van der Waals surface area contributed by atoms with E-state index in [9.17, 15) is 0 Å². The molecule has 0 bridgehead atoms. The third-order valence-electron chi connectivity index (χ3n) is 1.58. The van der Waals surface area contributed by atoms with Gasteiger partial charge in [-0.15, -0.1) is 0 Å². The zero-order valence-electron chi connectivity index (χ0n) is 7.53. The number of ether oxygens (including phenoxy) is 1. The molecule has 1 atom stereocenters. The molecule has 1 aromatic heterocycles. The highest BCUT2D eigenvalue weighted by Gasteiger charge is 2.05. The number of methoxy groups -OCH3 is 1. The van der Waals surface area contributed by atoms with Crippen LogP contribution < -0.4 is 10.5 Å². The summed E-state index contributed by atoms with van der Waals surface area (Å²) in [6.45, 7) is 3.72. The first-order chi connectivity index (χ1) is 5.65. The first-order valence-electron chi connectivity index (χ1n) is 3.78. The van der Waals surface area contributed by atoms with Crippen molar-refractivity contribution < 1.29 is 4.74 Å². The lowest BCUT2D eigenvalue weighted by Gasteiger charge is -2.07. The smallest absolute Gasteiger partial charge is 0.235 e. The van der Waals surface area contributed by atoms with E-state index in [2.05, 4.69) is 9.97 Å². The molecule has 0 aliphatic rings. The molecule has 1 unspecified atom stereocenters. The minimum absolute atomic E-state index is 0.0814. The standard InChI is InChI=1S/C8H13N3O/c1-5(9)7-4-10-8(12-3)6(2)11-7/h4-5H,9H2,1-3H3. The molecule has 0 saturated heterocycles. The van der Waals surface area contributed by atoms with E-state index in [0.29, 0.717) is 5.88 Å². The largest absolute Gasteiger partial charge is 0.480 e. The van der Waals surface area contributed by atoms with Crippen LogP contribution in [0, 0.1) is 6.92 Å². The third kappa shape index (κ3) is 1.71. The van der Waals surface area contributed by atoms with Gasteiger partial charge in [-0.1, -0.05) is 0 Å². The van der Waals surface area contributed by atoms with E-state index in [1.807, 2.05) is 13.8 Å². The molecule has 1 heterocycles. The highest BCUT2D eigenvalue weighted by Crippen LogP contribution is 2.13. The van der Waals surface area contributed by atoms with Crippen LogP contribution in [-0.2, 0) is 0 Å². The molecule has 0 aromatic carbocycles. The van der Waals surface area contributed by atoms with Gasteiger partial charge < -0.3 is 10.5 Å². The van der Waals surface area contributed by atoms with Gasteiger partial charge in [0.05, 0.1) is 24.7 Å². The van der Waals surface area contributed by atoms with Crippen molar-refractivity contribution in [1.82, 2.24) is 9.97 Å². The van der Waals surface area contributed by atoms with Crippen molar-refractivity contribution in [3.63, 3.8) is 0 Å². The number of rotatable bonds is 2. The van der Waals surface area contributed by atoms with Gasteiger partial charge in [-0.25, -0.2) is 9.97 Å². The first kappa shape index (κ1) is 8.93. The van der Waals surface area contributed by atoms with Crippen LogP contribution in [0.5, 0.6) is 5.88 Å². The van der Waals surface area contributed by atoms with Gasteiger partial charge in [-0.2, -0.15) is 0 Å². The summed E-state index contributed by atoms with van der Waals surface area (Å²) in [6, 6.07) is -0.0814. The van der Waals surface area contributed by atoms with Gasteiger partial charge in [0.15, 0.2) is 0 Å². The molecule has 0 saturated carbocycles. The van der Waals surface area contributed by atoms with E-state index < -0.39 is 0 Å². The molecule has 12 heavy (non-hydrogen) atoms. The zero-order valence-corrected chi connectivity index (χ0v) is 7.53. The van der Waals surface area contributed by atoms with Crippen molar-refractivity contribution in [3.05, 3.63) is 17.6 Å². The summed E-state index contributed by atoms with van der Waals surface area (Å²) in [5, 5.41) is 0. The van der Waals surface area contributed by atoms with Crippen molar-refractivity contribution in [2.45, 2.75) is 19.9 Å². The number of nitrogens with zero attached hydrogens (tertiary/aromatic N) is 2. The molecule has 2 N–H and O–H groups in total. The van der Waals surface area contributed by atoms with Gasteiger partial charge in [0.2, 0.25) is 5.88 Å². The fraction of sp³-hybridized carbons (Fsp3) is 0.500. The molecule has 4 heteroatoms. The Bertz CT molecular complexity index is 273. The lowest BCUT2D eigenvalue weighted by molar-refractivity contribution is 0.390. The highest BCUT2D eigenvalue weighted by atomic mass is 16.5. The normalized spacial score (nSPS) is 12.7. The second-order valence-corrected chi connectivity index (χ2v) is 2.68. The maximum absolute atomic E-state index is 5.63. The molecule has 0 radical (unpaired) electrons. The lowest BCUT2D eigenvalue weighted by atomic mass is 10.2. The molecule has 0 amide bonds. The summed E-state index contributed by atoms with van der Waals surface area (Å²) in [4.78, 5) is 8.28. The van der Waals surface area contributed by atoms with Crippen LogP contribution in [0.3, 0.4) is 0 Å². The minimum atomic E-state index is -0.0814. The van der Waals surface area contributed by atoms with Gasteiger partial charge >= 0.3 is 0 Å². The summed E-state index contributed by atoms with van der Waals surface area (Å²) in [7, 11) is 1.57. The monoisotopic (exact) mass is 167 g/mol. The third-order valence-corrected chi connectivity index (χ3v) is 1.58. The van der Waals surface area contributed by atoms with Gasteiger partial charge in [0, 0.05) is 6.04 Å². The molecule has 1 aromatic rings. The van der Waals surface area contributed by atoms with Crippen LogP contribution in [0.1, 0.15) is 24.4 Å². The predicted octanol–water partition coefficient (Wildman–Crippen LogP) is 0.813. The molecule has 0 aliphatic heterocycles. The Labute approximate surface area is 71.8 Å². The molecule has 1 rings (SSSR count). The quantitative estimate of drug-likeness (QED) is 0.708. The Morgan fingerprint density at radius 3 is 2.67 bits per heavy atom. The SMILES string of the molecule is COc1ncc(C(C)N)nc1C. The van der Waals surface area contributed by atoms with E-state index >= 15 is 0 Å². The van der Waals surface area contributed by atoms with Gasteiger partial charge in [0.1, 0.15) is 0 Å². The molecule has 0 spiro atoms. The molecule has 0 aliphatic carbocycles. The molecular formula is C8H13N3O. The lowest BCUT2D eigenvalue weighted by Crippen LogP contribution is -2.09. The summed E-state index contributed by atoms with van der Waals surface area (Å²) >= 11 is 0. The van der Waals surface area contributed by atoms with Gasteiger partial charge in [-0.05, 0) is 13.8 Å². The average Bonchev–Trinajstić information content (AvgIpc) is 2.04. The van der Waals surface area contributed by atoms with Crippen LogP contribution in [0.15, 0.2) is 6.20 Å².